The highest BCUT2D eigenvalue weighted by Crippen LogP contribution is 2.27. The molecule has 172 valence electrons. The first-order valence-corrected chi connectivity index (χ1v) is 11.1. The Bertz CT molecular complexity index is 1280. The zero-order valence-corrected chi connectivity index (χ0v) is 18.9. The minimum absolute atomic E-state index is 0.220. The molecule has 0 aliphatic carbocycles. The van der Waals surface area contributed by atoms with Gasteiger partial charge in [-0.15, -0.1) is 0 Å². The van der Waals surface area contributed by atoms with Gasteiger partial charge in [0.05, 0.1) is 24.3 Å². The van der Waals surface area contributed by atoms with Crippen LogP contribution < -0.4 is 11.1 Å². The van der Waals surface area contributed by atoms with E-state index in [0.717, 1.165) is 33.5 Å². The minimum atomic E-state index is -0.472. The zero-order valence-electron chi connectivity index (χ0n) is 18.9. The Kier molecular flexibility index (Phi) is 7.03. The molecule has 0 aliphatic rings. The van der Waals surface area contributed by atoms with Crippen LogP contribution in [0.4, 0.5) is 5.69 Å². The molecule has 4 rings (SSSR count). The summed E-state index contributed by atoms with van der Waals surface area (Å²) in [5.41, 5.74) is 12.4. The molecule has 0 atom stereocenters. The van der Waals surface area contributed by atoms with Crippen molar-refractivity contribution in [2.24, 2.45) is 5.73 Å². The summed E-state index contributed by atoms with van der Waals surface area (Å²) < 4.78 is 5.01. The molecule has 0 fully saturated rings. The van der Waals surface area contributed by atoms with Crippen molar-refractivity contribution in [3.05, 3.63) is 95.7 Å². The van der Waals surface area contributed by atoms with Crippen LogP contribution in [0.15, 0.2) is 79.0 Å². The van der Waals surface area contributed by atoms with E-state index in [-0.39, 0.29) is 12.4 Å². The lowest BCUT2D eigenvalue weighted by molar-refractivity contribution is -0.142. The van der Waals surface area contributed by atoms with Crippen molar-refractivity contribution in [1.29, 1.82) is 0 Å². The quantitative estimate of drug-likeness (QED) is 0.321. The van der Waals surface area contributed by atoms with Crippen molar-refractivity contribution < 1.29 is 14.3 Å². The van der Waals surface area contributed by atoms with Gasteiger partial charge in [-0.2, -0.15) is 5.10 Å². The SMILES string of the molecule is CCOC(=O)Cc1ccc(-c2ccc(-c3n[nH]cc3CNc3ccccc3C(N)=O)cc2)cc1. The molecule has 0 spiro atoms. The molecule has 0 saturated heterocycles. The first-order chi connectivity index (χ1) is 16.5. The number of aromatic nitrogens is 2. The van der Waals surface area contributed by atoms with E-state index < -0.39 is 5.91 Å². The number of hydrogen-bond donors (Lipinski definition) is 3. The number of primary amides is 1. The molecule has 1 aromatic heterocycles. The summed E-state index contributed by atoms with van der Waals surface area (Å²) in [6, 6.07) is 23.2. The van der Waals surface area contributed by atoms with Gasteiger partial charge in [-0.25, -0.2) is 0 Å². The summed E-state index contributed by atoms with van der Waals surface area (Å²) in [7, 11) is 0. The van der Waals surface area contributed by atoms with Crippen LogP contribution in [0, 0.1) is 0 Å². The number of nitrogens with two attached hydrogens (primary N) is 1. The van der Waals surface area contributed by atoms with Gasteiger partial charge >= 0.3 is 5.97 Å². The van der Waals surface area contributed by atoms with Crippen molar-refractivity contribution in [3.8, 4) is 22.4 Å². The van der Waals surface area contributed by atoms with Crippen molar-refractivity contribution in [2.45, 2.75) is 19.9 Å². The third kappa shape index (κ3) is 5.32. The summed E-state index contributed by atoms with van der Waals surface area (Å²) >= 11 is 0. The third-order valence-corrected chi connectivity index (χ3v) is 5.48. The van der Waals surface area contributed by atoms with Crippen LogP contribution in [0.2, 0.25) is 0 Å². The molecule has 0 saturated carbocycles. The average molecular weight is 455 g/mol. The normalized spacial score (nSPS) is 10.6. The highest BCUT2D eigenvalue weighted by atomic mass is 16.5. The molecule has 0 radical (unpaired) electrons. The van der Waals surface area contributed by atoms with E-state index in [0.29, 0.717) is 24.4 Å². The van der Waals surface area contributed by atoms with Crippen LogP contribution in [0.5, 0.6) is 0 Å². The Balaban J connectivity index is 1.46. The molecule has 0 bridgehead atoms. The number of rotatable bonds is 9. The number of benzene rings is 3. The molecule has 0 aliphatic heterocycles. The monoisotopic (exact) mass is 454 g/mol. The second-order valence-corrected chi connectivity index (χ2v) is 7.78. The fourth-order valence-electron chi connectivity index (χ4n) is 3.76. The second-order valence-electron chi connectivity index (χ2n) is 7.78. The molecule has 7 nitrogen and oxygen atoms in total. The molecular formula is C27H26N4O3. The number of esters is 1. The van der Waals surface area contributed by atoms with Gasteiger partial charge in [0.15, 0.2) is 0 Å². The summed E-state index contributed by atoms with van der Waals surface area (Å²) in [4.78, 5) is 23.3. The van der Waals surface area contributed by atoms with Gasteiger partial charge in [0.25, 0.3) is 5.91 Å². The molecule has 0 unspecified atom stereocenters. The van der Waals surface area contributed by atoms with Crippen LogP contribution in [0.1, 0.15) is 28.4 Å². The third-order valence-electron chi connectivity index (χ3n) is 5.48. The van der Waals surface area contributed by atoms with E-state index in [4.69, 9.17) is 10.5 Å². The highest BCUT2D eigenvalue weighted by molar-refractivity contribution is 5.98. The Morgan fingerprint density at radius 2 is 1.59 bits per heavy atom. The van der Waals surface area contributed by atoms with Crippen LogP contribution in [0.3, 0.4) is 0 Å². The van der Waals surface area contributed by atoms with E-state index in [1.54, 1.807) is 19.1 Å². The number of H-pyrrole nitrogens is 1. The number of amides is 1. The largest absolute Gasteiger partial charge is 0.466 e. The van der Waals surface area contributed by atoms with Gasteiger partial charge in [0.2, 0.25) is 0 Å². The lowest BCUT2D eigenvalue weighted by atomic mass is 10.00. The number of aromatic amines is 1. The number of carbonyl (C=O) groups excluding carboxylic acids is 2. The van der Waals surface area contributed by atoms with Crippen molar-refractivity contribution in [3.63, 3.8) is 0 Å². The summed E-state index contributed by atoms with van der Waals surface area (Å²) in [6.45, 7) is 2.67. The Morgan fingerprint density at radius 1 is 0.941 bits per heavy atom. The number of nitrogens with zero attached hydrogens (tertiary/aromatic N) is 1. The molecule has 1 amide bonds. The number of para-hydroxylation sites is 1. The number of hydrogen-bond acceptors (Lipinski definition) is 5. The van der Waals surface area contributed by atoms with E-state index >= 15 is 0 Å². The number of carbonyl (C=O) groups is 2. The predicted octanol–water partition coefficient (Wildman–Crippen LogP) is 4.56. The molecule has 1 heterocycles. The van der Waals surface area contributed by atoms with Crippen LogP contribution in [-0.4, -0.2) is 28.7 Å². The maximum atomic E-state index is 11.7. The Labute approximate surface area is 198 Å². The fraction of sp³-hybridized carbons (Fsp3) is 0.148. The van der Waals surface area contributed by atoms with E-state index in [2.05, 4.69) is 15.5 Å². The smallest absolute Gasteiger partial charge is 0.310 e. The van der Waals surface area contributed by atoms with Crippen LogP contribution in [-0.2, 0) is 22.5 Å². The lowest BCUT2D eigenvalue weighted by Crippen LogP contribution is -2.14. The molecule has 3 aromatic carbocycles. The Morgan fingerprint density at radius 3 is 2.26 bits per heavy atom. The standard InChI is InChI=1S/C27H26N4O3/c1-2-34-25(32)15-18-7-9-19(10-8-18)20-11-13-21(14-12-20)26-22(17-30-31-26)16-29-24-6-4-3-5-23(24)27(28)33/h3-14,17,29H,2,15-16H2,1H3,(H2,28,33)(H,30,31). The van der Waals surface area contributed by atoms with Gasteiger partial charge < -0.3 is 15.8 Å². The number of anilines is 1. The van der Waals surface area contributed by atoms with E-state index in [9.17, 15) is 9.59 Å². The van der Waals surface area contributed by atoms with Crippen LogP contribution in [0.25, 0.3) is 22.4 Å². The van der Waals surface area contributed by atoms with Gasteiger partial charge in [0, 0.05) is 29.6 Å². The van der Waals surface area contributed by atoms with Gasteiger partial charge in [-0.05, 0) is 35.7 Å². The minimum Gasteiger partial charge on any atom is -0.466 e. The maximum Gasteiger partial charge on any atom is 0.310 e. The van der Waals surface area contributed by atoms with Crippen molar-refractivity contribution >= 4 is 17.6 Å². The molecular weight excluding hydrogens is 428 g/mol. The average Bonchev–Trinajstić information content (AvgIpc) is 3.32. The highest BCUT2D eigenvalue weighted by Gasteiger charge is 2.12. The molecule has 7 heteroatoms. The van der Waals surface area contributed by atoms with Gasteiger partial charge in [0.1, 0.15) is 0 Å². The maximum absolute atomic E-state index is 11.7. The second kappa shape index (κ2) is 10.5. The topological polar surface area (TPSA) is 110 Å². The summed E-state index contributed by atoms with van der Waals surface area (Å²) in [5, 5.41) is 10.6. The first kappa shape index (κ1) is 22.8. The van der Waals surface area contributed by atoms with Crippen molar-refractivity contribution in [2.75, 3.05) is 11.9 Å². The number of nitrogens with one attached hydrogen (secondary N) is 2. The predicted molar refractivity (Wildman–Crippen MR) is 132 cm³/mol. The summed E-state index contributed by atoms with van der Waals surface area (Å²) in [6.07, 6.45) is 2.11. The molecule has 4 aromatic rings. The Hall–Kier alpha value is -4.39. The first-order valence-electron chi connectivity index (χ1n) is 11.1. The zero-order chi connectivity index (χ0) is 23.9. The lowest BCUT2D eigenvalue weighted by Gasteiger charge is -2.10. The fourth-order valence-corrected chi connectivity index (χ4v) is 3.76. The number of ether oxygens (including phenoxy) is 1. The van der Waals surface area contributed by atoms with Crippen LogP contribution >= 0.6 is 0 Å². The van der Waals surface area contributed by atoms with Gasteiger partial charge in [-0.1, -0.05) is 60.7 Å². The van der Waals surface area contributed by atoms with Gasteiger partial charge in [-0.3, -0.25) is 14.7 Å². The molecule has 4 N–H and O–H groups in total. The molecule has 34 heavy (non-hydrogen) atoms. The van der Waals surface area contributed by atoms with E-state index in [1.165, 1.54) is 0 Å². The van der Waals surface area contributed by atoms with E-state index in [1.807, 2.05) is 66.9 Å². The van der Waals surface area contributed by atoms with Crippen molar-refractivity contribution in [1.82, 2.24) is 10.2 Å². The summed E-state index contributed by atoms with van der Waals surface area (Å²) in [5.74, 6) is -0.693.